The number of likely N-dealkylation sites (tertiary alicyclic amines) is 1. The van der Waals surface area contributed by atoms with Crippen molar-refractivity contribution in [3.05, 3.63) is 53.9 Å². The number of pyridine rings is 1. The van der Waals surface area contributed by atoms with E-state index < -0.39 is 0 Å². The van der Waals surface area contributed by atoms with E-state index in [1.54, 1.807) is 14.2 Å². The van der Waals surface area contributed by atoms with Crippen LogP contribution in [-0.4, -0.2) is 67.1 Å². The van der Waals surface area contributed by atoms with Crippen molar-refractivity contribution in [2.45, 2.75) is 51.2 Å². The van der Waals surface area contributed by atoms with Crippen molar-refractivity contribution in [2.24, 2.45) is 5.92 Å². The molecule has 1 amide bonds. The van der Waals surface area contributed by atoms with Crippen LogP contribution < -0.4 is 14.8 Å². The van der Waals surface area contributed by atoms with E-state index in [4.69, 9.17) is 9.47 Å². The van der Waals surface area contributed by atoms with Crippen LogP contribution in [0, 0.1) is 5.92 Å². The van der Waals surface area contributed by atoms with Crippen LogP contribution in [0.4, 0.5) is 0 Å². The van der Waals surface area contributed by atoms with Crippen molar-refractivity contribution < 1.29 is 14.3 Å². The van der Waals surface area contributed by atoms with Gasteiger partial charge in [-0.3, -0.25) is 19.6 Å². The van der Waals surface area contributed by atoms with Crippen molar-refractivity contribution in [2.75, 3.05) is 40.4 Å². The first-order valence-electron chi connectivity index (χ1n) is 12.5. The summed E-state index contributed by atoms with van der Waals surface area (Å²) in [5.41, 5.74) is 2.36. The predicted octanol–water partition coefficient (Wildman–Crippen LogP) is 3.48. The van der Waals surface area contributed by atoms with Crippen molar-refractivity contribution in [3.63, 3.8) is 0 Å². The molecule has 34 heavy (non-hydrogen) atoms. The lowest BCUT2D eigenvalue weighted by molar-refractivity contribution is -0.129. The van der Waals surface area contributed by atoms with Gasteiger partial charge < -0.3 is 14.8 Å². The van der Waals surface area contributed by atoms with Gasteiger partial charge in [0.05, 0.1) is 20.1 Å². The second kappa shape index (κ2) is 12.2. The molecule has 1 aromatic heterocycles. The zero-order chi connectivity index (χ0) is 23.8. The molecule has 2 aromatic rings. The predicted molar refractivity (Wildman–Crippen MR) is 133 cm³/mol. The molecule has 1 N–H and O–H groups in total. The van der Waals surface area contributed by atoms with Gasteiger partial charge >= 0.3 is 0 Å². The molecule has 184 valence electrons. The summed E-state index contributed by atoms with van der Waals surface area (Å²) in [4.78, 5) is 22.4. The number of rotatable bonds is 6. The van der Waals surface area contributed by atoms with Crippen LogP contribution in [-0.2, 0) is 17.9 Å². The number of para-hydroxylation sites is 1. The smallest absolute Gasteiger partial charge is 0.224 e. The number of piperidine rings is 1. The number of hydrogen-bond acceptors (Lipinski definition) is 6. The Hall–Kier alpha value is -2.64. The van der Waals surface area contributed by atoms with Crippen molar-refractivity contribution >= 4 is 5.91 Å². The third-order valence-corrected chi connectivity index (χ3v) is 7.16. The molecule has 0 aliphatic carbocycles. The average Bonchev–Trinajstić information content (AvgIpc) is 2.90. The molecular formula is C27H38N4O3. The minimum absolute atomic E-state index is 0.00314. The molecule has 7 nitrogen and oxygen atoms in total. The molecule has 2 aliphatic rings. The van der Waals surface area contributed by atoms with Crippen LogP contribution in [0.2, 0.25) is 0 Å². The normalized spacial score (nSPS) is 22.8. The Morgan fingerprint density at radius 1 is 1.00 bits per heavy atom. The molecule has 3 heterocycles. The van der Waals surface area contributed by atoms with Gasteiger partial charge in [-0.1, -0.05) is 25.0 Å². The maximum atomic E-state index is 13.2. The summed E-state index contributed by atoms with van der Waals surface area (Å²) in [5, 5.41) is 3.23. The highest BCUT2D eigenvalue weighted by atomic mass is 16.5. The number of nitrogens with one attached hydrogen (secondary N) is 1. The minimum Gasteiger partial charge on any atom is -0.493 e. The van der Waals surface area contributed by atoms with Gasteiger partial charge in [-0.25, -0.2) is 0 Å². The number of fused-ring (bicyclic) bond motifs is 1. The fourth-order valence-corrected chi connectivity index (χ4v) is 5.36. The Morgan fingerprint density at radius 3 is 2.62 bits per heavy atom. The first kappa shape index (κ1) is 24.5. The van der Waals surface area contributed by atoms with Crippen LogP contribution in [0.3, 0.4) is 0 Å². The van der Waals surface area contributed by atoms with E-state index in [1.807, 2.05) is 24.5 Å². The van der Waals surface area contributed by atoms with Crippen LogP contribution in [0.15, 0.2) is 42.7 Å². The summed E-state index contributed by atoms with van der Waals surface area (Å²) < 4.78 is 11.2. The molecule has 2 atom stereocenters. The van der Waals surface area contributed by atoms with Gasteiger partial charge in [0.2, 0.25) is 5.91 Å². The lowest BCUT2D eigenvalue weighted by Gasteiger charge is -2.44. The van der Waals surface area contributed by atoms with Crippen LogP contribution in [0.25, 0.3) is 0 Å². The SMILES string of the molecule is COc1cccc(CN2CC[C@H]3C(=O)NCCCCCCN(Cc4ccncc4)[C@@H]3C2)c1OC. The molecule has 2 aliphatic heterocycles. The Kier molecular flexibility index (Phi) is 8.77. The maximum Gasteiger partial charge on any atom is 0.224 e. The minimum atomic E-state index is 0.00314. The number of carbonyl (C=O) groups excluding carboxylic acids is 1. The molecule has 0 bridgehead atoms. The molecule has 7 heteroatoms. The van der Waals surface area contributed by atoms with E-state index in [-0.39, 0.29) is 17.9 Å². The summed E-state index contributed by atoms with van der Waals surface area (Å²) >= 11 is 0. The van der Waals surface area contributed by atoms with Gasteiger partial charge in [0.15, 0.2) is 11.5 Å². The van der Waals surface area contributed by atoms with E-state index in [2.05, 4.69) is 38.3 Å². The summed E-state index contributed by atoms with van der Waals surface area (Å²) in [7, 11) is 3.37. The van der Waals surface area contributed by atoms with Crippen LogP contribution in [0.1, 0.15) is 43.2 Å². The molecule has 0 saturated carbocycles. The maximum absolute atomic E-state index is 13.2. The number of benzene rings is 1. The topological polar surface area (TPSA) is 66.9 Å². The Morgan fingerprint density at radius 2 is 1.82 bits per heavy atom. The van der Waals surface area contributed by atoms with Gasteiger partial charge in [0, 0.05) is 50.2 Å². The number of methoxy groups -OCH3 is 2. The quantitative estimate of drug-likeness (QED) is 0.703. The fourth-order valence-electron chi connectivity index (χ4n) is 5.36. The first-order chi connectivity index (χ1) is 16.7. The number of nitrogens with zero attached hydrogens (tertiary/aromatic N) is 3. The fraction of sp³-hybridized carbons (Fsp3) is 0.556. The first-order valence-corrected chi connectivity index (χ1v) is 12.5. The molecule has 0 spiro atoms. The second-order valence-corrected chi connectivity index (χ2v) is 9.38. The lowest BCUT2D eigenvalue weighted by atomic mass is 9.88. The highest BCUT2D eigenvalue weighted by molar-refractivity contribution is 5.79. The van der Waals surface area contributed by atoms with Gasteiger partial charge in [0.1, 0.15) is 0 Å². The third kappa shape index (κ3) is 6.07. The molecule has 2 fully saturated rings. The van der Waals surface area contributed by atoms with E-state index in [0.717, 1.165) is 75.6 Å². The zero-order valence-corrected chi connectivity index (χ0v) is 20.5. The summed E-state index contributed by atoms with van der Waals surface area (Å²) in [6.07, 6.45) is 9.16. The third-order valence-electron chi connectivity index (χ3n) is 7.16. The summed E-state index contributed by atoms with van der Waals surface area (Å²) in [6.45, 7) is 5.15. The largest absolute Gasteiger partial charge is 0.493 e. The van der Waals surface area contributed by atoms with Crippen molar-refractivity contribution in [1.82, 2.24) is 20.1 Å². The van der Waals surface area contributed by atoms with Crippen molar-refractivity contribution in [1.29, 1.82) is 0 Å². The van der Waals surface area contributed by atoms with Gasteiger partial charge in [0.25, 0.3) is 0 Å². The van der Waals surface area contributed by atoms with Gasteiger partial charge in [-0.05, 0) is 56.1 Å². The molecule has 1 aromatic carbocycles. The highest BCUT2D eigenvalue weighted by Crippen LogP contribution is 2.33. The molecule has 0 unspecified atom stereocenters. The number of amides is 1. The lowest BCUT2D eigenvalue weighted by Crippen LogP contribution is -2.56. The average molecular weight is 467 g/mol. The van der Waals surface area contributed by atoms with E-state index in [0.29, 0.717) is 0 Å². The Labute approximate surface area is 203 Å². The van der Waals surface area contributed by atoms with Gasteiger partial charge in [-0.15, -0.1) is 0 Å². The Bertz CT molecular complexity index is 923. The number of aromatic nitrogens is 1. The highest BCUT2D eigenvalue weighted by Gasteiger charge is 2.38. The van der Waals surface area contributed by atoms with Crippen LogP contribution in [0.5, 0.6) is 11.5 Å². The number of hydrogen-bond donors (Lipinski definition) is 1. The van der Waals surface area contributed by atoms with E-state index in [1.165, 1.54) is 18.4 Å². The summed E-state index contributed by atoms with van der Waals surface area (Å²) in [5.74, 6) is 1.76. The number of carbonyl (C=O) groups is 1. The monoisotopic (exact) mass is 466 g/mol. The molecular weight excluding hydrogens is 428 g/mol. The Balaban J connectivity index is 1.57. The summed E-state index contributed by atoms with van der Waals surface area (Å²) in [6, 6.07) is 10.4. The van der Waals surface area contributed by atoms with Crippen molar-refractivity contribution in [3.8, 4) is 11.5 Å². The zero-order valence-electron chi connectivity index (χ0n) is 20.5. The molecule has 0 radical (unpaired) electrons. The van der Waals surface area contributed by atoms with E-state index in [9.17, 15) is 4.79 Å². The molecule has 4 rings (SSSR count). The van der Waals surface area contributed by atoms with Crippen LogP contribution >= 0.6 is 0 Å². The second-order valence-electron chi connectivity index (χ2n) is 9.38. The van der Waals surface area contributed by atoms with Gasteiger partial charge in [-0.2, -0.15) is 0 Å². The molecule has 2 saturated heterocycles. The standard InChI is InChI=1S/C27H38N4O3/c1-33-25-9-7-8-22(26(25)34-2)19-30-17-12-23-24(20-30)31(18-21-10-14-28-15-11-21)16-6-4-3-5-13-29-27(23)32/h7-11,14-15,23-24H,3-6,12-13,16-20H2,1-2H3,(H,29,32)/t23-,24-/m1/s1. The van der Waals surface area contributed by atoms with E-state index >= 15 is 0 Å². The number of ether oxygens (including phenoxy) is 2.